The van der Waals surface area contributed by atoms with E-state index in [0.717, 1.165) is 11.1 Å². The van der Waals surface area contributed by atoms with Crippen molar-refractivity contribution in [2.24, 2.45) is 0 Å². The Morgan fingerprint density at radius 2 is 2.00 bits per heavy atom. The number of esters is 1. The molecule has 1 aliphatic heterocycles. The smallest absolute Gasteiger partial charge is 0.422 e. The van der Waals surface area contributed by atoms with E-state index in [4.69, 9.17) is 0 Å². The first-order valence-corrected chi connectivity index (χ1v) is 5.49. The van der Waals surface area contributed by atoms with Gasteiger partial charge in [0.15, 0.2) is 6.61 Å². The summed E-state index contributed by atoms with van der Waals surface area (Å²) in [7, 11) is 0. The number of rotatable bonds is 2. The van der Waals surface area contributed by atoms with E-state index in [0.29, 0.717) is 13.0 Å². The first kappa shape index (κ1) is 12.9. The van der Waals surface area contributed by atoms with E-state index >= 15 is 0 Å². The predicted molar refractivity (Wildman–Crippen MR) is 57.8 cm³/mol. The standard InChI is InChI=1S/C12H12F3NO2/c13-12(14,15)7-18-11(17)10-5-8-3-1-2-4-9(8)6-16-10/h1-4,10,16H,5-7H2/t10-/m0/s1. The molecule has 1 atom stereocenters. The zero-order valence-corrected chi connectivity index (χ0v) is 9.46. The lowest BCUT2D eigenvalue weighted by Gasteiger charge is -2.24. The maximum Gasteiger partial charge on any atom is 0.422 e. The summed E-state index contributed by atoms with van der Waals surface area (Å²) in [6, 6.07) is 6.78. The highest BCUT2D eigenvalue weighted by Crippen LogP contribution is 2.18. The molecule has 1 aromatic rings. The minimum absolute atomic E-state index is 0.354. The molecule has 1 N–H and O–H groups in total. The van der Waals surface area contributed by atoms with E-state index in [1.807, 2.05) is 24.3 Å². The Morgan fingerprint density at radius 1 is 1.33 bits per heavy atom. The van der Waals surface area contributed by atoms with Crippen LogP contribution in [0.4, 0.5) is 13.2 Å². The molecule has 0 spiro atoms. The van der Waals surface area contributed by atoms with E-state index in [9.17, 15) is 18.0 Å². The van der Waals surface area contributed by atoms with Gasteiger partial charge in [-0.1, -0.05) is 24.3 Å². The van der Waals surface area contributed by atoms with Gasteiger partial charge in [-0.2, -0.15) is 13.2 Å². The Balaban J connectivity index is 1.95. The maximum absolute atomic E-state index is 11.9. The minimum atomic E-state index is -4.48. The topological polar surface area (TPSA) is 38.3 Å². The second-order valence-corrected chi connectivity index (χ2v) is 4.13. The van der Waals surface area contributed by atoms with Crippen molar-refractivity contribution in [3.63, 3.8) is 0 Å². The molecule has 2 rings (SSSR count). The fourth-order valence-electron chi connectivity index (χ4n) is 1.87. The molecule has 0 aliphatic carbocycles. The number of ether oxygens (including phenoxy) is 1. The van der Waals surface area contributed by atoms with Crippen LogP contribution in [0.5, 0.6) is 0 Å². The zero-order valence-electron chi connectivity index (χ0n) is 9.46. The third-order valence-electron chi connectivity index (χ3n) is 2.74. The van der Waals surface area contributed by atoms with Gasteiger partial charge in [-0.25, -0.2) is 0 Å². The zero-order chi connectivity index (χ0) is 13.2. The van der Waals surface area contributed by atoms with Gasteiger partial charge in [-0.15, -0.1) is 0 Å². The van der Waals surface area contributed by atoms with Gasteiger partial charge in [-0.3, -0.25) is 4.79 Å². The number of halogens is 3. The van der Waals surface area contributed by atoms with Crippen molar-refractivity contribution in [2.45, 2.75) is 25.2 Å². The van der Waals surface area contributed by atoms with Crippen molar-refractivity contribution in [1.82, 2.24) is 5.32 Å². The summed E-state index contributed by atoms with van der Waals surface area (Å²) in [4.78, 5) is 11.5. The van der Waals surface area contributed by atoms with Crippen molar-refractivity contribution in [3.05, 3.63) is 35.4 Å². The number of carbonyl (C=O) groups is 1. The van der Waals surface area contributed by atoms with Crippen molar-refractivity contribution >= 4 is 5.97 Å². The summed E-state index contributed by atoms with van der Waals surface area (Å²) in [5.74, 6) is -0.859. The quantitative estimate of drug-likeness (QED) is 0.823. The van der Waals surface area contributed by atoms with Crippen molar-refractivity contribution < 1.29 is 22.7 Å². The van der Waals surface area contributed by atoms with Gasteiger partial charge in [0, 0.05) is 6.54 Å². The average Bonchev–Trinajstić information content (AvgIpc) is 2.34. The molecule has 0 fully saturated rings. The van der Waals surface area contributed by atoms with Crippen molar-refractivity contribution in [2.75, 3.05) is 6.61 Å². The van der Waals surface area contributed by atoms with Crippen LogP contribution in [-0.4, -0.2) is 24.8 Å². The Morgan fingerprint density at radius 3 is 2.67 bits per heavy atom. The molecule has 0 bridgehead atoms. The normalized spacial score (nSPS) is 19.2. The van der Waals surface area contributed by atoms with Crippen LogP contribution in [0.2, 0.25) is 0 Å². The highest BCUT2D eigenvalue weighted by molar-refractivity contribution is 5.76. The summed E-state index contributed by atoms with van der Waals surface area (Å²) in [6.45, 7) is -1.08. The lowest BCUT2D eigenvalue weighted by atomic mass is 9.96. The largest absolute Gasteiger partial charge is 0.455 e. The Hall–Kier alpha value is -1.56. The Labute approximate surface area is 102 Å². The molecular weight excluding hydrogens is 247 g/mol. The van der Waals surface area contributed by atoms with Crippen LogP contribution in [0.1, 0.15) is 11.1 Å². The van der Waals surface area contributed by atoms with Gasteiger partial charge in [0.25, 0.3) is 0 Å². The van der Waals surface area contributed by atoms with Gasteiger partial charge in [0.05, 0.1) is 0 Å². The minimum Gasteiger partial charge on any atom is -0.455 e. The molecule has 0 radical (unpaired) electrons. The first-order chi connectivity index (χ1) is 8.46. The van der Waals surface area contributed by atoms with E-state index in [-0.39, 0.29) is 0 Å². The van der Waals surface area contributed by atoms with Gasteiger partial charge in [-0.05, 0) is 17.5 Å². The third-order valence-corrected chi connectivity index (χ3v) is 2.74. The summed E-state index contributed by atoms with van der Waals surface area (Å²) in [5, 5.41) is 2.87. The van der Waals surface area contributed by atoms with Crippen LogP contribution in [0.3, 0.4) is 0 Å². The van der Waals surface area contributed by atoms with Gasteiger partial charge < -0.3 is 10.1 Å². The molecule has 98 valence electrons. The van der Waals surface area contributed by atoms with Crippen molar-refractivity contribution in [1.29, 1.82) is 0 Å². The van der Waals surface area contributed by atoms with E-state index in [1.165, 1.54) is 0 Å². The predicted octanol–water partition coefficient (Wildman–Crippen LogP) is 1.81. The van der Waals surface area contributed by atoms with Gasteiger partial charge in [0.2, 0.25) is 0 Å². The molecule has 1 aliphatic rings. The second-order valence-electron chi connectivity index (χ2n) is 4.13. The van der Waals surface area contributed by atoms with E-state index in [1.54, 1.807) is 0 Å². The van der Waals surface area contributed by atoms with Crippen molar-refractivity contribution in [3.8, 4) is 0 Å². The van der Waals surface area contributed by atoms with E-state index < -0.39 is 24.8 Å². The van der Waals surface area contributed by atoms with Gasteiger partial charge >= 0.3 is 12.1 Å². The number of hydrogen-bond donors (Lipinski definition) is 1. The Bertz CT molecular complexity index is 445. The Kier molecular flexibility index (Phi) is 3.56. The van der Waals surface area contributed by atoms with Crippen LogP contribution in [0, 0.1) is 0 Å². The van der Waals surface area contributed by atoms with Crippen LogP contribution in [0.15, 0.2) is 24.3 Å². The third kappa shape index (κ3) is 3.22. The molecular formula is C12H12F3NO2. The summed E-state index contributed by atoms with van der Waals surface area (Å²) >= 11 is 0. The number of fused-ring (bicyclic) bond motifs is 1. The van der Waals surface area contributed by atoms with Crippen LogP contribution in [-0.2, 0) is 22.5 Å². The van der Waals surface area contributed by atoms with Crippen LogP contribution < -0.4 is 5.32 Å². The summed E-state index contributed by atoms with van der Waals surface area (Å²) in [5.41, 5.74) is 2.02. The molecule has 3 nitrogen and oxygen atoms in total. The number of alkyl halides is 3. The molecule has 18 heavy (non-hydrogen) atoms. The summed E-state index contributed by atoms with van der Waals surface area (Å²) < 4.78 is 40.0. The molecule has 0 aromatic heterocycles. The highest BCUT2D eigenvalue weighted by Gasteiger charge is 2.32. The molecule has 1 aromatic carbocycles. The maximum atomic E-state index is 11.9. The molecule has 0 saturated heterocycles. The van der Waals surface area contributed by atoms with Gasteiger partial charge in [0.1, 0.15) is 6.04 Å². The first-order valence-electron chi connectivity index (χ1n) is 5.49. The number of carbonyl (C=O) groups excluding carboxylic acids is 1. The number of benzene rings is 1. The molecule has 0 unspecified atom stereocenters. The number of hydrogen-bond acceptors (Lipinski definition) is 3. The second kappa shape index (κ2) is 4.97. The SMILES string of the molecule is O=C(OCC(F)(F)F)[C@@H]1Cc2ccccc2CN1. The molecule has 0 amide bonds. The molecule has 6 heteroatoms. The number of nitrogens with one attached hydrogen (secondary N) is 1. The fraction of sp³-hybridized carbons (Fsp3) is 0.417. The monoisotopic (exact) mass is 259 g/mol. The fourth-order valence-corrected chi connectivity index (χ4v) is 1.87. The lowest BCUT2D eigenvalue weighted by molar-refractivity contribution is -0.187. The lowest BCUT2D eigenvalue weighted by Crippen LogP contribution is -2.43. The average molecular weight is 259 g/mol. The van der Waals surface area contributed by atoms with Crippen LogP contribution >= 0.6 is 0 Å². The van der Waals surface area contributed by atoms with Crippen LogP contribution in [0.25, 0.3) is 0 Å². The molecule has 1 heterocycles. The highest BCUT2D eigenvalue weighted by atomic mass is 19.4. The molecule has 0 saturated carbocycles. The van der Waals surface area contributed by atoms with E-state index in [2.05, 4.69) is 10.1 Å². The summed E-state index contributed by atoms with van der Waals surface area (Å²) in [6.07, 6.45) is -4.13.